The number of nitrogens with zero attached hydrogens (tertiary/aromatic N) is 2. The largest absolute Gasteiger partial charge is 0.369 e. The Kier molecular flexibility index (Phi) is 4.07. The van der Waals surface area contributed by atoms with Gasteiger partial charge in [0.15, 0.2) is 9.84 Å². The molecule has 1 fully saturated rings. The van der Waals surface area contributed by atoms with E-state index < -0.39 is 9.84 Å². The molecule has 1 aliphatic heterocycles. The molecule has 1 unspecified atom stereocenters. The molecule has 1 aliphatic rings. The first-order chi connectivity index (χ1) is 8.98. The minimum atomic E-state index is -2.91. The van der Waals surface area contributed by atoms with Gasteiger partial charge in [-0.05, 0) is 24.8 Å². The van der Waals surface area contributed by atoms with Crippen molar-refractivity contribution in [1.82, 2.24) is 0 Å². The van der Waals surface area contributed by atoms with E-state index in [-0.39, 0.29) is 17.5 Å². The van der Waals surface area contributed by atoms with E-state index in [1.54, 1.807) is 0 Å². The summed E-state index contributed by atoms with van der Waals surface area (Å²) in [5, 5.41) is 9.32. The minimum Gasteiger partial charge on any atom is -0.369 e. The third-order valence-electron chi connectivity index (χ3n) is 3.47. The zero-order valence-electron chi connectivity index (χ0n) is 11.0. The highest BCUT2D eigenvalue weighted by atomic mass is 32.2. The zero-order valence-corrected chi connectivity index (χ0v) is 12.6. The molecule has 1 heterocycles. The molecule has 0 amide bonds. The normalized spacial score (nSPS) is 21.0. The van der Waals surface area contributed by atoms with Crippen molar-refractivity contribution in [2.75, 3.05) is 29.7 Å². The van der Waals surface area contributed by atoms with Gasteiger partial charge in [0.05, 0.1) is 22.8 Å². The quantitative estimate of drug-likeness (QED) is 0.797. The van der Waals surface area contributed by atoms with Gasteiger partial charge in [-0.15, -0.1) is 11.8 Å². The topological polar surface area (TPSA) is 61.2 Å². The Morgan fingerprint density at radius 3 is 2.74 bits per heavy atom. The highest BCUT2D eigenvalue weighted by Gasteiger charge is 2.31. The molecule has 4 nitrogen and oxygen atoms in total. The van der Waals surface area contributed by atoms with Crippen LogP contribution in [0.2, 0.25) is 0 Å². The first-order valence-electron chi connectivity index (χ1n) is 5.99. The fourth-order valence-electron chi connectivity index (χ4n) is 2.37. The van der Waals surface area contributed by atoms with E-state index >= 15 is 0 Å². The number of hydrogen-bond donors (Lipinski definition) is 0. The summed E-state index contributed by atoms with van der Waals surface area (Å²) in [6.45, 7) is 0. The summed E-state index contributed by atoms with van der Waals surface area (Å²) in [4.78, 5) is 2.86. The average molecular weight is 296 g/mol. The first kappa shape index (κ1) is 14.2. The van der Waals surface area contributed by atoms with E-state index in [4.69, 9.17) is 0 Å². The Labute approximate surface area is 118 Å². The monoisotopic (exact) mass is 296 g/mol. The molecule has 0 radical (unpaired) electrons. The number of nitriles is 1. The van der Waals surface area contributed by atoms with Crippen LogP contribution in [-0.4, -0.2) is 39.3 Å². The van der Waals surface area contributed by atoms with Crippen molar-refractivity contribution in [2.45, 2.75) is 17.4 Å². The molecule has 6 heteroatoms. The van der Waals surface area contributed by atoms with Crippen LogP contribution in [-0.2, 0) is 9.84 Å². The maximum atomic E-state index is 11.6. The number of anilines is 1. The van der Waals surface area contributed by atoms with Gasteiger partial charge in [0, 0.05) is 18.0 Å². The van der Waals surface area contributed by atoms with Gasteiger partial charge in [-0.1, -0.05) is 6.07 Å². The third-order valence-corrected chi connectivity index (χ3v) is 6.00. The Balaban J connectivity index is 2.35. The van der Waals surface area contributed by atoms with E-state index in [1.165, 1.54) is 11.8 Å². The van der Waals surface area contributed by atoms with Gasteiger partial charge in [-0.25, -0.2) is 8.42 Å². The zero-order chi connectivity index (χ0) is 14.0. The van der Waals surface area contributed by atoms with Gasteiger partial charge in [-0.3, -0.25) is 0 Å². The summed E-state index contributed by atoms with van der Waals surface area (Å²) in [5.41, 5.74) is 1.44. The second-order valence-electron chi connectivity index (χ2n) is 4.63. The number of thioether (sulfide) groups is 1. The minimum absolute atomic E-state index is 0.0331. The predicted molar refractivity (Wildman–Crippen MR) is 78.4 cm³/mol. The van der Waals surface area contributed by atoms with Crippen molar-refractivity contribution in [3.8, 4) is 6.07 Å². The SMILES string of the molecule is CSc1cccc(N(C)C2CCS(=O)(=O)C2)c1C#N. The maximum Gasteiger partial charge on any atom is 0.152 e. The van der Waals surface area contributed by atoms with Crippen molar-refractivity contribution < 1.29 is 8.42 Å². The van der Waals surface area contributed by atoms with Crippen molar-refractivity contribution in [3.05, 3.63) is 23.8 Å². The average Bonchev–Trinajstić information content (AvgIpc) is 2.77. The van der Waals surface area contributed by atoms with E-state index in [1.807, 2.05) is 36.4 Å². The van der Waals surface area contributed by atoms with Crippen molar-refractivity contribution in [2.24, 2.45) is 0 Å². The van der Waals surface area contributed by atoms with Crippen LogP contribution in [0.1, 0.15) is 12.0 Å². The Hall–Kier alpha value is -1.19. The van der Waals surface area contributed by atoms with Crippen LogP contribution < -0.4 is 4.90 Å². The fraction of sp³-hybridized carbons (Fsp3) is 0.462. The molecule has 1 atom stereocenters. The van der Waals surface area contributed by atoms with Crippen molar-refractivity contribution >= 4 is 27.3 Å². The number of rotatable bonds is 3. The van der Waals surface area contributed by atoms with Crippen LogP contribution in [0.4, 0.5) is 5.69 Å². The predicted octanol–water partition coefficient (Wildman–Crippen LogP) is 1.90. The van der Waals surface area contributed by atoms with E-state index in [2.05, 4.69) is 6.07 Å². The molecule has 1 saturated heterocycles. The van der Waals surface area contributed by atoms with E-state index in [9.17, 15) is 13.7 Å². The molecule has 0 bridgehead atoms. The molecule has 0 saturated carbocycles. The van der Waals surface area contributed by atoms with Gasteiger partial charge in [0.2, 0.25) is 0 Å². The van der Waals surface area contributed by atoms with Gasteiger partial charge < -0.3 is 4.90 Å². The van der Waals surface area contributed by atoms with Gasteiger partial charge in [0.1, 0.15) is 6.07 Å². The third kappa shape index (κ3) is 2.88. The van der Waals surface area contributed by atoms with Crippen LogP contribution >= 0.6 is 11.8 Å². The number of sulfone groups is 1. The summed E-state index contributed by atoms with van der Waals surface area (Å²) in [6, 6.07) is 7.89. The van der Waals surface area contributed by atoms with Crippen LogP contribution in [0.25, 0.3) is 0 Å². The molecule has 1 aromatic carbocycles. The molecule has 102 valence electrons. The van der Waals surface area contributed by atoms with Crippen LogP contribution in [0.3, 0.4) is 0 Å². The Morgan fingerprint density at radius 2 is 2.21 bits per heavy atom. The van der Waals surface area contributed by atoms with Gasteiger partial charge in [-0.2, -0.15) is 5.26 Å². The van der Waals surface area contributed by atoms with Crippen molar-refractivity contribution in [1.29, 1.82) is 5.26 Å². The molecule has 1 aromatic rings. The molecule has 0 aliphatic carbocycles. The molecule has 0 aromatic heterocycles. The van der Waals surface area contributed by atoms with E-state index in [0.717, 1.165) is 10.6 Å². The standard InChI is InChI=1S/C13H16N2O2S2/c1-15(10-6-7-19(16,17)9-10)12-4-3-5-13(18-2)11(12)8-14/h3-5,10H,6-7,9H2,1-2H3. The highest BCUT2D eigenvalue weighted by molar-refractivity contribution is 7.98. The summed E-state index contributed by atoms with van der Waals surface area (Å²) >= 11 is 1.53. The summed E-state index contributed by atoms with van der Waals surface area (Å²) in [6.07, 6.45) is 2.56. The molecule has 2 rings (SSSR count). The van der Waals surface area contributed by atoms with Crippen molar-refractivity contribution in [3.63, 3.8) is 0 Å². The Bertz CT molecular complexity index is 620. The maximum absolute atomic E-state index is 11.6. The van der Waals surface area contributed by atoms with Gasteiger partial charge >= 0.3 is 0 Å². The Morgan fingerprint density at radius 1 is 1.47 bits per heavy atom. The highest BCUT2D eigenvalue weighted by Crippen LogP contribution is 2.31. The lowest BCUT2D eigenvalue weighted by molar-refractivity contribution is 0.601. The first-order valence-corrected chi connectivity index (χ1v) is 9.03. The fourth-order valence-corrected chi connectivity index (χ4v) is 4.72. The summed E-state index contributed by atoms with van der Waals surface area (Å²) < 4.78 is 23.1. The number of benzene rings is 1. The number of hydrogen-bond acceptors (Lipinski definition) is 5. The smallest absolute Gasteiger partial charge is 0.152 e. The lowest BCUT2D eigenvalue weighted by Gasteiger charge is -2.27. The second kappa shape index (κ2) is 5.43. The summed E-state index contributed by atoms with van der Waals surface area (Å²) in [5.74, 6) is 0.421. The molecular weight excluding hydrogens is 280 g/mol. The van der Waals surface area contributed by atoms with Crippen LogP contribution in [0.5, 0.6) is 0 Å². The molecule has 0 N–H and O–H groups in total. The molecule has 0 spiro atoms. The summed E-state index contributed by atoms with van der Waals surface area (Å²) in [7, 11) is -1.05. The van der Waals surface area contributed by atoms with Gasteiger partial charge in [0.25, 0.3) is 0 Å². The lowest BCUT2D eigenvalue weighted by Crippen LogP contribution is -2.33. The molecule has 19 heavy (non-hydrogen) atoms. The lowest BCUT2D eigenvalue weighted by atomic mass is 10.1. The second-order valence-corrected chi connectivity index (χ2v) is 7.71. The molecular formula is C13H16N2O2S2. The van der Waals surface area contributed by atoms with Crippen LogP contribution in [0.15, 0.2) is 23.1 Å². The van der Waals surface area contributed by atoms with Crippen LogP contribution in [0, 0.1) is 11.3 Å². The van der Waals surface area contributed by atoms with E-state index in [0.29, 0.717) is 12.0 Å².